The van der Waals surface area contributed by atoms with Gasteiger partial charge in [0.2, 0.25) is 0 Å². The maximum Gasteiger partial charge on any atom is 0.167 e. The molecule has 0 aromatic carbocycles. The molecule has 1 aliphatic carbocycles. The number of aliphatic hydroxyl groups is 3. The van der Waals surface area contributed by atoms with Crippen molar-refractivity contribution in [3.63, 3.8) is 0 Å². The van der Waals surface area contributed by atoms with Crippen molar-refractivity contribution in [1.82, 2.24) is 0 Å². The van der Waals surface area contributed by atoms with Crippen molar-refractivity contribution in [3.05, 3.63) is 22.8 Å². The highest BCUT2D eigenvalue weighted by atomic mass is 16.5. The molecule has 1 heterocycles. The van der Waals surface area contributed by atoms with E-state index in [1.165, 1.54) is 0 Å². The topological polar surface area (TPSA) is 87.0 Å². The van der Waals surface area contributed by atoms with Crippen molar-refractivity contribution in [2.75, 3.05) is 13.2 Å². The monoisotopic (exact) mass is 282 g/mol. The van der Waals surface area contributed by atoms with E-state index in [-0.39, 0.29) is 18.0 Å². The molecule has 0 bridgehead atoms. The molecular formula is C15H22O5. The SMILES string of the molecule is CC(C)=CC[C@@H]1C(=O)C2=C(COCC[C@@H]2O)[C@H](O)[C@@H]1O. The number of ether oxygens (including phenoxy) is 1. The number of ketones is 1. The third kappa shape index (κ3) is 2.86. The highest BCUT2D eigenvalue weighted by molar-refractivity contribution is 6.00. The predicted molar refractivity (Wildman–Crippen MR) is 73.0 cm³/mol. The first-order chi connectivity index (χ1) is 9.43. The lowest BCUT2D eigenvalue weighted by Crippen LogP contribution is -2.47. The van der Waals surface area contributed by atoms with Crippen molar-refractivity contribution in [1.29, 1.82) is 0 Å². The van der Waals surface area contributed by atoms with E-state index in [1.807, 2.05) is 19.9 Å². The molecule has 2 rings (SSSR count). The van der Waals surface area contributed by atoms with Crippen LogP contribution in [-0.4, -0.2) is 52.6 Å². The molecule has 0 fully saturated rings. The Balaban J connectivity index is 2.35. The summed E-state index contributed by atoms with van der Waals surface area (Å²) in [6.45, 7) is 4.25. The Labute approximate surface area is 118 Å². The summed E-state index contributed by atoms with van der Waals surface area (Å²) in [5.41, 5.74) is 1.62. The molecule has 0 amide bonds. The smallest absolute Gasteiger partial charge is 0.167 e. The first-order valence-corrected chi connectivity index (χ1v) is 6.96. The third-order valence-corrected chi connectivity index (χ3v) is 3.95. The van der Waals surface area contributed by atoms with Gasteiger partial charge in [0.1, 0.15) is 6.10 Å². The summed E-state index contributed by atoms with van der Waals surface area (Å²) in [7, 11) is 0. The van der Waals surface area contributed by atoms with Crippen molar-refractivity contribution in [2.45, 2.75) is 45.0 Å². The fourth-order valence-corrected chi connectivity index (χ4v) is 2.77. The Morgan fingerprint density at radius 1 is 1.35 bits per heavy atom. The molecule has 0 spiro atoms. The standard InChI is InChI=1S/C15H22O5/c1-8(2)3-4-9-13(17)12-10(15(19)14(9)18)7-20-6-5-11(12)16/h3,9,11,14-16,18-19H,4-7H2,1-2H3/t9-,11+,14-,15+/m1/s1. The van der Waals surface area contributed by atoms with Gasteiger partial charge in [0.05, 0.1) is 24.7 Å². The quantitative estimate of drug-likeness (QED) is 0.636. The van der Waals surface area contributed by atoms with Crippen LogP contribution in [0.4, 0.5) is 0 Å². The highest BCUT2D eigenvalue weighted by Gasteiger charge is 2.44. The second-order valence-corrected chi connectivity index (χ2v) is 5.72. The van der Waals surface area contributed by atoms with Gasteiger partial charge in [-0.25, -0.2) is 0 Å². The van der Waals surface area contributed by atoms with E-state index in [0.717, 1.165) is 5.57 Å². The van der Waals surface area contributed by atoms with Crippen LogP contribution in [0.3, 0.4) is 0 Å². The van der Waals surface area contributed by atoms with Gasteiger partial charge < -0.3 is 20.1 Å². The molecular weight excluding hydrogens is 260 g/mol. The fraction of sp³-hybridized carbons (Fsp3) is 0.667. The summed E-state index contributed by atoms with van der Waals surface area (Å²) >= 11 is 0. The zero-order valence-electron chi connectivity index (χ0n) is 11.9. The summed E-state index contributed by atoms with van der Waals surface area (Å²) in [5.74, 6) is -0.973. The van der Waals surface area contributed by atoms with Gasteiger partial charge in [0.15, 0.2) is 5.78 Å². The third-order valence-electron chi connectivity index (χ3n) is 3.95. The van der Waals surface area contributed by atoms with Crippen LogP contribution >= 0.6 is 0 Å². The number of hydrogen-bond donors (Lipinski definition) is 3. The van der Waals surface area contributed by atoms with Gasteiger partial charge in [0, 0.05) is 18.6 Å². The van der Waals surface area contributed by atoms with Crippen LogP contribution in [0.15, 0.2) is 22.8 Å². The second-order valence-electron chi connectivity index (χ2n) is 5.72. The molecule has 0 saturated carbocycles. The number of aliphatic hydroxyl groups excluding tert-OH is 3. The molecule has 0 saturated heterocycles. The van der Waals surface area contributed by atoms with Crippen LogP contribution in [0.1, 0.15) is 26.7 Å². The van der Waals surface area contributed by atoms with Crippen LogP contribution in [0.25, 0.3) is 0 Å². The Morgan fingerprint density at radius 2 is 2.05 bits per heavy atom. The van der Waals surface area contributed by atoms with E-state index < -0.39 is 24.2 Å². The highest BCUT2D eigenvalue weighted by Crippen LogP contribution is 2.34. The summed E-state index contributed by atoms with van der Waals surface area (Å²) in [6, 6.07) is 0. The van der Waals surface area contributed by atoms with Crippen molar-refractivity contribution in [3.8, 4) is 0 Å². The minimum atomic E-state index is -1.15. The van der Waals surface area contributed by atoms with Gasteiger partial charge in [-0.15, -0.1) is 0 Å². The Morgan fingerprint density at radius 3 is 2.70 bits per heavy atom. The van der Waals surface area contributed by atoms with Crippen LogP contribution in [-0.2, 0) is 9.53 Å². The first kappa shape index (κ1) is 15.4. The van der Waals surface area contributed by atoms with E-state index in [4.69, 9.17) is 4.74 Å². The van der Waals surface area contributed by atoms with Gasteiger partial charge in [-0.1, -0.05) is 11.6 Å². The largest absolute Gasteiger partial charge is 0.389 e. The van der Waals surface area contributed by atoms with Gasteiger partial charge in [0.25, 0.3) is 0 Å². The molecule has 0 aromatic rings. The van der Waals surface area contributed by atoms with Crippen LogP contribution in [0, 0.1) is 5.92 Å². The maximum atomic E-state index is 12.5. The van der Waals surface area contributed by atoms with Crippen LogP contribution < -0.4 is 0 Å². The number of carbonyl (C=O) groups excluding carboxylic acids is 1. The lowest BCUT2D eigenvalue weighted by Gasteiger charge is -2.34. The molecule has 20 heavy (non-hydrogen) atoms. The Kier molecular flexibility index (Phi) is 4.75. The lowest BCUT2D eigenvalue weighted by atomic mass is 9.75. The predicted octanol–water partition coefficient (Wildman–Crippen LogP) is 0.341. The minimum Gasteiger partial charge on any atom is -0.389 e. The van der Waals surface area contributed by atoms with E-state index in [2.05, 4.69) is 0 Å². The zero-order chi connectivity index (χ0) is 14.9. The summed E-state index contributed by atoms with van der Waals surface area (Å²) in [5, 5.41) is 30.5. The summed E-state index contributed by atoms with van der Waals surface area (Å²) in [6.07, 6.45) is -0.649. The van der Waals surface area contributed by atoms with Gasteiger partial charge in [-0.3, -0.25) is 4.79 Å². The van der Waals surface area contributed by atoms with E-state index >= 15 is 0 Å². The van der Waals surface area contributed by atoms with Crippen molar-refractivity contribution in [2.24, 2.45) is 5.92 Å². The average molecular weight is 282 g/mol. The molecule has 0 unspecified atom stereocenters. The Bertz CT molecular complexity index is 447. The zero-order valence-corrected chi connectivity index (χ0v) is 11.9. The average Bonchev–Trinajstić information content (AvgIpc) is 2.58. The molecule has 0 radical (unpaired) electrons. The number of Topliss-reactive ketones (excluding diaryl/α,β-unsaturated/α-hetero) is 1. The van der Waals surface area contributed by atoms with E-state index in [9.17, 15) is 20.1 Å². The molecule has 5 nitrogen and oxygen atoms in total. The van der Waals surface area contributed by atoms with Gasteiger partial charge in [-0.05, 0) is 25.8 Å². The number of hydrogen-bond acceptors (Lipinski definition) is 5. The number of rotatable bonds is 2. The first-order valence-electron chi connectivity index (χ1n) is 6.96. The lowest BCUT2D eigenvalue weighted by molar-refractivity contribution is -0.128. The molecule has 3 N–H and O–H groups in total. The van der Waals surface area contributed by atoms with Crippen LogP contribution in [0.5, 0.6) is 0 Å². The number of allylic oxidation sites excluding steroid dienone is 2. The summed E-state index contributed by atoms with van der Waals surface area (Å²) in [4.78, 5) is 12.5. The molecule has 1 aliphatic heterocycles. The fourth-order valence-electron chi connectivity index (χ4n) is 2.77. The van der Waals surface area contributed by atoms with Crippen LogP contribution in [0.2, 0.25) is 0 Å². The molecule has 112 valence electrons. The van der Waals surface area contributed by atoms with Gasteiger partial charge >= 0.3 is 0 Å². The van der Waals surface area contributed by atoms with E-state index in [0.29, 0.717) is 25.0 Å². The molecule has 0 aromatic heterocycles. The van der Waals surface area contributed by atoms with E-state index in [1.54, 1.807) is 0 Å². The van der Waals surface area contributed by atoms with Gasteiger partial charge in [-0.2, -0.15) is 0 Å². The van der Waals surface area contributed by atoms with Crippen molar-refractivity contribution >= 4 is 5.78 Å². The molecule has 4 atom stereocenters. The maximum absolute atomic E-state index is 12.5. The molecule has 2 aliphatic rings. The normalized spacial score (nSPS) is 34.5. The number of carbonyl (C=O) groups is 1. The summed E-state index contributed by atoms with van der Waals surface area (Å²) < 4.78 is 5.28. The second kappa shape index (κ2) is 6.18. The van der Waals surface area contributed by atoms with Crippen molar-refractivity contribution < 1.29 is 24.9 Å². The minimum absolute atomic E-state index is 0.0890. The molecule has 5 heteroatoms. The Hall–Kier alpha value is -1.01.